The quantitative estimate of drug-likeness (QED) is 0.871. The average Bonchev–Trinajstić information content (AvgIpc) is 2.63. The fourth-order valence-corrected chi connectivity index (χ4v) is 3.31. The molecule has 2 aromatic rings. The van der Waals surface area contributed by atoms with E-state index in [1.54, 1.807) is 18.3 Å². The third kappa shape index (κ3) is 2.62. The second kappa shape index (κ2) is 5.98. The average molecular weight is 330 g/mol. The number of likely N-dealkylation sites (N-methyl/N-ethyl adjacent to an activating group) is 1. The Morgan fingerprint density at radius 3 is 2.88 bits per heavy atom. The second-order valence-electron chi connectivity index (χ2n) is 6.15. The Labute approximate surface area is 146 Å². The van der Waals surface area contributed by atoms with Gasteiger partial charge in [0, 0.05) is 24.8 Å². The van der Waals surface area contributed by atoms with Gasteiger partial charge in [0.05, 0.1) is 0 Å². The number of aliphatic hydroxyl groups excluding tert-OH is 1. The van der Waals surface area contributed by atoms with E-state index in [9.17, 15) is 10.2 Å². The molecule has 1 aliphatic heterocycles. The fraction of sp³-hybridized carbons (Fsp3) is 0.0952. The molecule has 0 spiro atoms. The number of nitrogens with zero attached hydrogens (tertiary/aromatic N) is 2. The Morgan fingerprint density at radius 1 is 1.12 bits per heavy atom. The molecular formula is C21H18N2O2. The van der Waals surface area contributed by atoms with Crippen molar-refractivity contribution in [1.29, 1.82) is 0 Å². The third-order valence-electron chi connectivity index (χ3n) is 4.57. The molecule has 1 unspecified atom stereocenters. The molecule has 4 rings (SSSR count). The van der Waals surface area contributed by atoms with E-state index in [0.717, 1.165) is 22.1 Å². The number of phenols is 1. The summed E-state index contributed by atoms with van der Waals surface area (Å²) in [5.41, 5.74) is 3.68. The third-order valence-corrected chi connectivity index (χ3v) is 4.57. The minimum absolute atomic E-state index is 0.145. The number of benzene rings is 1. The van der Waals surface area contributed by atoms with Crippen molar-refractivity contribution in [3.8, 4) is 5.75 Å². The van der Waals surface area contributed by atoms with Gasteiger partial charge in [-0.05, 0) is 41.0 Å². The van der Waals surface area contributed by atoms with Crippen LogP contribution in [0.25, 0.3) is 17.0 Å². The molecular weight excluding hydrogens is 312 g/mol. The van der Waals surface area contributed by atoms with Crippen LogP contribution in [0.3, 0.4) is 0 Å². The molecule has 0 saturated heterocycles. The van der Waals surface area contributed by atoms with E-state index in [1.807, 2.05) is 66.7 Å². The van der Waals surface area contributed by atoms with Gasteiger partial charge in [-0.2, -0.15) is 0 Å². The number of phenolic OH excluding ortho intramolecular Hbond substituents is 1. The van der Waals surface area contributed by atoms with Crippen LogP contribution in [-0.4, -0.2) is 33.2 Å². The van der Waals surface area contributed by atoms with Crippen molar-refractivity contribution in [2.45, 2.75) is 6.04 Å². The maximum Gasteiger partial charge on any atom is 0.141 e. The van der Waals surface area contributed by atoms with Crippen molar-refractivity contribution in [3.63, 3.8) is 0 Å². The van der Waals surface area contributed by atoms with Crippen molar-refractivity contribution in [1.82, 2.24) is 9.88 Å². The number of allylic oxidation sites excluding steroid dienone is 5. The van der Waals surface area contributed by atoms with Gasteiger partial charge in [-0.25, -0.2) is 0 Å². The summed E-state index contributed by atoms with van der Waals surface area (Å²) < 4.78 is 0. The van der Waals surface area contributed by atoms with Crippen LogP contribution in [0.4, 0.5) is 0 Å². The van der Waals surface area contributed by atoms with Crippen LogP contribution in [0.15, 0.2) is 83.9 Å². The first-order valence-corrected chi connectivity index (χ1v) is 8.11. The van der Waals surface area contributed by atoms with Crippen molar-refractivity contribution >= 4 is 17.0 Å². The lowest BCUT2D eigenvalue weighted by molar-refractivity contribution is 0.285. The zero-order chi connectivity index (χ0) is 17.4. The van der Waals surface area contributed by atoms with Gasteiger partial charge in [0.2, 0.25) is 0 Å². The van der Waals surface area contributed by atoms with E-state index in [4.69, 9.17) is 0 Å². The van der Waals surface area contributed by atoms with E-state index in [-0.39, 0.29) is 11.8 Å². The monoisotopic (exact) mass is 330 g/mol. The zero-order valence-electron chi connectivity index (χ0n) is 13.8. The van der Waals surface area contributed by atoms with Gasteiger partial charge in [0.15, 0.2) is 0 Å². The van der Waals surface area contributed by atoms with Gasteiger partial charge in [-0.1, -0.05) is 36.4 Å². The van der Waals surface area contributed by atoms with Crippen molar-refractivity contribution in [2.75, 3.05) is 7.05 Å². The summed E-state index contributed by atoms with van der Waals surface area (Å²) in [5.74, 6) is 0.522. The Morgan fingerprint density at radius 2 is 2.00 bits per heavy atom. The van der Waals surface area contributed by atoms with Crippen LogP contribution in [0.2, 0.25) is 0 Å². The van der Waals surface area contributed by atoms with Crippen molar-refractivity contribution in [2.24, 2.45) is 0 Å². The molecule has 124 valence electrons. The van der Waals surface area contributed by atoms with Crippen LogP contribution in [0.5, 0.6) is 5.75 Å². The van der Waals surface area contributed by atoms with E-state index in [2.05, 4.69) is 4.98 Å². The number of hydrogen-bond donors (Lipinski definition) is 2. The maximum absolute atomic E-state index is 10.2. The normalized spacial score (nSPS) is 19.6. The van der Waals surface area contributed by atoms with E-state index >= 15 is 0 Å². The summed E-state index contributed by atoms with van der Waals surface area (Å²) in [6, 6.07) is 7.20. The second-order valence-corrected chi connectivity index (χ2v) is 6.15. The number of aliphatic hydroxyl groups is 1. The highest BCUT2D eigenvalue weighted by Crippen LogP contribution is 2.31. The van der Waals surface area contributed by atoms with E-state index in [0.29, 0.717) is 11.3 Å². The fourth-order valence-electron chi connectivity index (χ4n) is 3.31. The molecule has 0 bridgehead atoms. The molecule has 0 saturated carbocycles. The highest BCUT2D eigenvalue weighted by atomic mass is 16.3. The van der Waals surface area contributed by atoms with Crippen LogP contribution in [-0.2, 0) is 0 Å². The molecule has 4 nitrogen and oxygen atoms in total. The number of pyridine rings is 1. The van der Waals surface area contributed by atoms with Crippen LogP contribution < -0.4 is 0 Å². The lowest BCUT2D eigenvalue weighted by Crippen LogP contribution is -2.34. The molecule has 1 atom stereocenters. The molecule has 25 heavy (non-hydrogen) atoms. The van der Waals surface area contributed by atoms with Gasteiger partial charge >= 0.3 is 0 Å². The highest BCUT2D eigenvalue weighted by Gasteiger charge is 2.26. The summed E-state index contributed by atoms with van der Waals surface area (Å²) in [6.07, 6.45) is 15.3. The number of aromatic hydroxyl groups is 1. The van der Waals surface area contributed by atoms with Gasteiger partial charge in [0.25, 0.3) is 0 Å². The molecule has 2 heterocycles. The topological polar surface area (TPSA) is 56.6 Å². The number of fused-ring (bicyclic) bond motifs is 2. The first kappa shape index (κ1) is 15.3. The van der Waals surface area contributed by atoms with Gasteiger partial charge in [-0.3, -0.25) is 4.98 Å². The van der Waals surface area contributed by atoms with Crippen molar-refractivity contribution < 1.29 is 10.2 Å². The lowest BCUT2D eigenvalue weighted by Gasteiger charge is -2.33. The highest BCUT2D eigenvalue weighted by molar-refractivity contribution is 5.92. The Balaban J connectivity index is 1.77. The number of rotatable bonds is 2. The van der Waals surface area contributed by atoms with E-state index in [1.165, 1.54) is 0 Å². The molecule has 2 N–H and O–H groups in total. The summed E-state index contributed by atoms with van der Waals surface area (Å²) in [5, 5.41) is 21.1. The summed E-state index contributed by atoms with van der Waals surface area (Å²) in [4.78, 5) is 6.24. The maximum atomic E-state index is 10.2. The molecule has 1 aliphatic carbocycles. The lowest BCUT2D eigenvalue weighted by atomic mass is 9.91. The van der Waals surface area contributed by atoms with Crippen LogP contribution >= 0.6 is 0 Å². The predicted octanol–water partition coefficient (Wildman–Crippen LogP) is 4.09. The Hall–Kier alpha value is -3.27. The molecule has 1 aromatic carbocycles. The SMILES string of the molecule is CN1C=CC(/C=C/c2ccc(O)c3ncccc23)=C2C=CC=C(O)C21. The predicted molar refractivity (Wildman–Crippen MR) is 100 cm³/mol. The molecule has 1 aromatic heterocycles. The summed E-state index contributed by atoms with van der Waals surface area (Å²) >= 11 is 0. The summed E-state index contributed by atoms with van der Waals surface area (Å²) in [6.45, 7) is 0. The molecule has 0 radical (unpaired) electrons. The zero-order valence-corrected chi connectivity index (χ0v) is 13.8. The van der Waals surface area contributed by atoms with E-state index < -0.39 is 0 Å². The minimum Gasteiger partial charge on any atom is -0.510 e. The van der Waals surface area contributed by atoms with Gasteiger partial charge in [-0.15, -0.1) is 0 Å². The minimum atomic E-state index is -0.145. The molecule has 0 fully saturated rings. The van der Waals surface area contributed by atoms with Crippen LogP contribution in [0.1, 0.15) is 5.56 Å². The first-order valence-electron chi connectivity index (χ1n) is 8.11. The standard InChI is InChI=1S/C21H18N2O2/c1-23-13-11-15(17-4-2-6-19(25)21(17)23)8-7-14-9-10-18(24)20-16(14)5-3-12-22-20/h2-13,21,24-25H,1H3/b8-7+. The van der Waals surface area contributed by atoms with Gasteiger partial charge in [0.1, 0.15) is 23.1 Å². The van der Waals surface area contributed by atoms with Gasteiger partial charge < -0.3 is 15.1 Å². The molecule has 4 heteroatoms. The first-order chi connectivity index (χ1) is 12.1. The number of hydrogen-bond acceptors (Lipinski definition) is 4. The summed E-state index contributed by atoms with van der Waals surface area (Å²) in [7, 11) is 1.95. The number of aromatic nitrogens is 1. The van der Waals surface area contributed by atoms with Crippen molar-refractivity contribution in [3.05, 3.63) is 89.5 Å². The molecule has 2 aliphatic rings. The smallest absolute Gasteiger partial charge is 0.141 e. The largest absolute Gasteiger partial charge is 0.510 e. The van der Waals surface area contributed by atoms with Crippen LogP contribution in [0, 0.1) is 0 Å². The molecule has 0 amide bonds. The Bertz CT molecular complexity index is 996. The Kier molecular flexibility index (Phi) is 3.65.